The fourth-order valence-electron chi connectivity index (χ4n) is 2.15. The SMILES string of the molecule is Cc1cc(S(=O)(=O)Nc2ccc(NCc3ccco3)nc2)ccc1Cl. The minimum atomic E-state index is -3.70. The van der Waals surface area contributed by atoms with Crippen LogP contribution in [0.1, 0.15) is 11.3 Å². The van der Waals surface area contributed by atoms with E-state index in [2.05, 4.69) is 15.0 Å². The summed E-state index contributed by atoms with van der Waals surface area (Å²) in [5, 5.41) is 3.61. The van der Waals surface area contributed by atoms with Gasteiger partial charge in [0, 0.05) is 5.02 Å². The Labute approximate surface area is 150 Å². The summed E-state index contributed by atoms with van der Waals surface area (Å²) >= 11 is 5.94. The molecule has 0 bridgehead atoms. The maximum Gasteiger partial charge on any atom is 0.261 e. The van der Waals surface area contributed by atoms with Crippen LogP contribution < -0.4 is 10.0 Å². The number of rotatable bonds is 6. The van der Waals surface area contributed by atoms with Crippen LogP contribution in [0.5, 0.6) is 0 Å². The van der Waals surface area contributed by atoms with Gasteiger partial charge in [-0.25, -0.2) is 13.4 Å². The maximum atomic E-state index is 12.4. The second kappa shape index (κ2) is 7.16. The molecule has 2 heterocycles. The number of nitrogens with one attached hydrogen (secondary N) is 2. The summed E-state index contributed by atoms with van der Waals surface area (Å²) in [6.45, 7) is 2.25. The molecule has 0 spiro atoms. The second-order valence-electron chi connectivity index (χ2n) is 5.38. The number of halogens is 1. The van der Waals surface area contributed by atoms with E-state index in [-0.39, 0.29) is 4.90 Å². The fourth-order valence-corrected chi connectivity index (χ4v) is 3.39. The summed E-state index contributed by atoms with van der Waals surface area (Å²) in [6.07, 6.45) is 3.05. The molecule has 1 aromatic carbocycles. The average molecular weight is 378 g/mol. The first kappa shape index (κ1) is 17.3. The summed E-state index contributed by atoms with van der Waals surface area (Å²) in [7, 11) is -3.70. The third kappa shape index (κ3) is 4.32. The van der Waals surface area contributed by atoms with E-state index in [1.807, 2.05) is 6.07 Å². The Balaban J connectivity index is 1.68. The van der Waals surface area contributed by atoms with Gasteiger partial charge in [0.2, 0.25) is 0 Å². The van der Waals surface area contributed by atoms with Crippen molar-refractivity contribution in [3.05, 3.63) is 71.3 Å². The van der Waals surface area contributed by atoms with E-state index in [0.29, 0.717) is 28.6 Å². The predicted molar refractivity (Wildman–Crippen MR) is 97.3 cm³/mol. The van der Waals surface area contributed by atoms with Crippen LogP contribution in [0.25, 0.3) is 0 Å². The molecule has 2 N–H and O–H groups in total. The standard InChI is InChI=1S/C17H16ClN3O3S/c1-12-9-15(5-6-16(12)18)25(22,23)21-13-4-7-17(19-10-13)20-11-14-3-2-8-24-14/h2-10,21H,11H2,1H3,(H,19,20). The minimum Gasteiger partial charge on any atom is -0.467 e. The van der Waals surface area contributed by atoms with E-state index >= 15 is 0 Å². The van der Waals surface area contributed by atoms with E-state index in [4.69, 9.17) is 16.0 Å². The number of hydrogen-bond acceptors (Lipinski definition) is 5. The van der Waals surface area contributed by atoms with Crippen molar-refractivity contribution in [3.8, 4) is 0 Å². The number of pyridine rings is 1. The van der Waals surface area contributed by atoms with Crippen LogP contribution in [-0.4, -0.2) is 13.4 Å². The average Bonchev–Trinajstić information content (AvgIpc) is 3.10. The fraction of sp³-hybridized carbons (Fsp3) is 0.118. The number of anilines is 2. The Morgan fingerprint density at radius 1 is 1.20 bits per heavy atom. The lowest BCUT2D eigenvalue weighted by Gasteiger charge is -2.10. The number of sulfonamides is 1. The van der Waals surface area contributed by atoms with Gasteiger partial charge in [-0.05, 0) is 55.0 Å². The van der Waals surface area contributed by atoms with Gasteiger partial charge in [0.15, 0.2) is 0 Å². The lowest BCUT2D eigenvalue weighted by molar-refractivity contribution is 0.518. The van der Waals surface area contributed by atoms with Crippen LogP contribution in [0.4, 0.5) is 11.5 Å². The number of aromatic nitrogens is 1. The normalized spacial score (nSPS) is 11.3. The highest BCUT2D eigenvalue weighted by atomic mass is 35.5. The van der Waals surface area contributed by atoms with Crippen LogP contribution in [-0.2, 0) is 16.6 Å². The number of hydrogen-bond donors (Lipinski definition) is 2. The molecule has 0 aliphatic carbocycles. The number of nitrogens with zero attached hydrogens (tertiary/aromatic N) is 1. The second-order valence-corrected chi connectivity index (χ2v) is 7.47. The largest absolute Gasteiger partial charge is 0.467 e. The first-order valence-corrected chi connectivity index (χ1v) is 9.31. The number of benzene rings is 1. The first-order valence-electron chi connectivity index (χ1n) is 7.45. The Hall–Kier alpha value is -2.51. The first-order chi connectivity index (χ1) is 11.9. The van der Waals surface area contributed by atoms with Crippen molar-refractivity contribution in [2.24, 2.45) is 0 Å². The van der Waals surface area contributed by atoms with Gasteiger partial charge in [0.05, 0.1) is 29.6 Å². The molecule has 8 heteroatoms. The van der Waals surface area contributed by atoms with E-state index in [0.717, 1.165) is 5.76 Å². The highest BCUT2D eigenvalue weighted by molar-refractivity contribution is 7.92. The van der Waals surface area contributed by atoms with Crippen molar-refractivity contribution in [2.45, 2.75) is 18.4 Å². The summed E-state index contributed by atoms with van der Waals surface area (Å²) in [5.74, 6) is 1.39. The van der Waals surface area contributed by atoms with Crippen LogP contribution in [0.2, 0.25) is 5.02 Å². The van der Waals surface area contributed by atoms with Gasteiger partial charge in [-0.2, -0.15) is 0 Å². The maximum absolute atomic E-state index is 12.4. The monoisotopic (exact) mass is 377 g/mol. The van der Waals surface area contributed by atoms with Gasteiger partial charge in [-0.1, -0.05) is 11.6 Å². The van der Waals surface area contributed by atoms with Crippen LogP contribution in [0.15, 0.2) is 64.2 Å². The lowest BCUT2D eigenvalue weighted by Crippen LogP contribution is -2.13. The van der Waals surface area contributed by atoms with Crippen LogP contribution in [0.3, 0.4) is 0 Å². The molecule has 0 aliphatic rings. The molecule has 2 aromatic heterocycles. The summed E-state index contributed by atoms with van der Waals surface area (Å²) in [6, 6.07) is 11.5. The summed E-state index contributed by atoms with van der Waals surface area (Å²) in [4.78, 5) is 4.33. The Bertz CT molecular complexity index is 955. The van der Waals surface area contributed by atoms with Gasteiger partial charge in [-0.15, -0.1) is 0 Å². The molecule has 130 valence electrons. The van der Waals surface area contributed by atoms with Gasteiger partial charge >= 0.3 is 0 Å². The zero-order valence-electron chi connectivity index (χ0n) is 13.4. The van der Waals surface area contributed by atoms with Crippen molar-refractivity contribution in [1.29, 1.82) is 0 Å². The molecule has 0 saturated heterocycles. The lowest BCUT2D eigenvalue weighted by atomic mass is 10.2. The van der Waals surface area contributed by atoms with Crippen molar-refractivity contribution in [2.75, 3.05) is 10.0 Å². The Morgan fingerprint density at radius 3 is 2.68 bits per heavy atom. The number of furan rings is 1. The van der Waals surface area contributed by atoms with Gasteiger partial charge < -0.3 is 9.73 Å². The van der Waals surface area contributed by atoms with Gasteiger partial charge in [-0.3, -0.25) is 4.72 Å². The van der Waals surface area contributed by atoms with Gasteiger partial charge in [0.25, 0.3) is 10.0 Å². The quantitative estimate of drug-likeness (QED) is 0.677. The Morgan fingerprint density at radius 2 is 2.04 bits per heavy atom. The van der Waals surface area contributed by atoms with E-state index in [1.165, 1.54) is 18.3 Å². The minimum absolute atomic E-state index is 0.148. The summed E-state index contributed by atoms with van der Waals surface area (Å²) in [5.41, 5.74) is 1.07. The molecule has 6 nitrogen and oxygen atoms in total. The molecule has 0 saturated carbocycles. The van der Waals surface area contributed by atoms with Crippen LogP contribution in [0, 0.1) is 6.92 Å². The molecule has 3 rings (SSSR count). The molecule has 3 aromatic rings. The van der Waals surface area contributed by atoms with E-state index < -0.39 is 10.0 Å². The molecular weight excluding hydrogens is 362 g/mol. The molecule has 0 radical (unpaired) electrons. The highest BCUT2D eigenvalue weighted by Gasteiger charge is 2.15. The molecule has 0 fully saturated rings. The smallest absolute Gasteiger partial charge is 0.261 e. The van der Waals surface area contributed by atoms with Crippen molar-refractivity contribution in [3.63, 3.8) is 0 Å². The molecule has 0 unspecified atom stereocenters. The topological polar surface area (TPSA) is 84.2 Å². The summed E-state index contributed by atoms with van der Waals surface area (Å²) < 4.78 is 32.6. The van der Waals surface area contributed by atoms with Crippen molar-refractivity contribution >= 4 is 33.1 Å². The van der Waals surface area contributed by atoms with E-state index in [9.17, 15) is 8.42 Å². The molecule has 0 aliphatic heterocycles. The third-order valence-electron chi connectivity index (χ3n) is 3.48. The molecule has 25 heavy (non-hydrogen) atoms. The molecule has 0 atom stereocenters. The van der Waals surface area contributed by atoms with Crippen molar-refractivity contribution in [1.82, 2.24) is 4.98 Å². The van der Waals surface area contributed by atoms with Crippen LogP contribution >= 0.6 is 11.6 Å². The Kier molecular flexibility index (Phi) is 4.96. The predicted octanol–water partition coefficient (Wildman–Crippen LogP) is 4.05. The number of aryl methyl sites for hydroxylation is 1. The zero-order valence-corrected chi connectivity index (χ0v) is 14.9. The van der Waals surface area contributed by atoms with E-state index in [1.54, 1.807) is 37.5 Å². The molecular formula is C17H16ClN3O3S. The highest BCUT2D eigenvalue weighted by Crippen LogP contribution is 2.22. The zero-order chi connectivity index (χ0) is 17.9. The van der Waals surface area contributed by atoms with Crippen molar-refractivity contribution < 1.29 is 12.8 Å². The third-order valence-corrected chi connectivity index (χ3v) is 5.28. The molecule has 0 amide bonds. The van der Waals surface area contributed by atoms with Gasteiger partial charge in [0.1, 0.15) is 11.6 Å².